The predicted molar refractivity (Wildman–Crippen MR) is 54.7 cm³/mol. The van der Waals surface area contributed by atoms with Gasteiger partial charge in [0, 0.05) is 12.8 Å². The van der Waals surface area contributed by atoms with Crippen molar-refractivity contribution in [1.29, 1.82) is 0 Å². The van der Waals surface area contributed by atoms with Crippen molar-refractivity contribution in [1.82, 2.24) is 0 Å². The topological polar surface area (TPSA) is 49.7 Å². The van der Waals surface area contributed by atoms with Crippen molar-refractivity contribution in [3.8, 4) is 5.75 Å². The summed E-state index contributed by atoms with van der Waals surface area (Å²) in [6.07, 6.45) is 0. The Hall–Kier alpha value is -0.515. The summed E-state index contributed by atoms with van der Waals surface area (Å²) < 4.78 is 5.70. The largest absolute Gasteiger partial charge is 0.497 e. The van der Waals surface area contributed by atoms with Gasteiger partial charge in [-0.25, -0.2) is 0 Å². The molecule has 3 nitrogen and oxygen atoms in total. The third-order valence-electron chi connectivity index (χ3n) is 1.47. The quantitative estimate of drug-likeness (QED) is 0.739. The molecule has 68 valence electrons. The van der Waals surface area contributed by atoms with E-state index in [0.29, 0.717) is 11.2 Å². The molecule has 0 aromatic heterocycles. The third kappa shape index (κ3) is 2.00. The Kier molecular flexibility index (Phi) is 3.14. The number of rotatable bonds is 2. The van der Waals surface area contributed by atoms with Gasteiger partial charge in [-0.3, -0.25) is 0 Å². The second-order valence-electron chi connectivity index (χ2n) is 2.26. The van der Waals surface area contributed by atoms with Gasteiger partial charge in [-0.15, -0.1) is 0 Å². The second kappa shape index (κ2) is 3.93. The van der Waals surface area contributed by atoms with Gasteiger partial charge in [0.05, 0.1) is 7.11 Å². The molecule has 0 saturated heterocycles. The van der Waals surface area contributed by atoms with Gasteiger partial charge in [0.1, 0.15) is 5.75 Å². The molecule has 0 spiro atoms. The Morgan fingerprint density at radius 3 is 2.67 bits per heavy atom. The van der Waals surface area contributed by atoms with E-state index in [-0.39, 0.29) is 2.85 Å². The summed E-state index contributed by atoms with van der Waals surface area (Å²) in [6.45, 7) is 0. The highest BCUT2D eigenvalue weighted by Crippen LogP contribution is 2.13. The molecule has 2 N–H and O–H groups in total. The Morgan fingerprint density at radius 2 is 2.17 bits per heavy atom. The van der Waals surface area contributed by atoms with Crippen LogP contribution in [-0.4, -0.2) is 24.3 Å². The third-order valence-corrected chi connectivity index (χ3v) is 1.96. The lowest BCUT2D eigenvalue weighted by Crippen LogP contribution is -2.31. The van der Waals surface area contributed by atoms with Crippen LogP contribution in [0, 0.1) is 0 Å². The zero-order valence-corrected chi connectivity index (χ0v) is 8.08. The van der Waals surface area contributed by atoms with Gasteiger partial charge in [0.15, 0.2) is 0 Å². The minimum Gasteiger partial charge on any atom is -0.497 e. The molecule has 0 radical (unpaired) electrons. The summed E-state index contributed by atoms with van der Waals surface area (Å²) in [7, 11) is -0.0211. The van der Waals surface area contributed by atoms with Crippen LogP contribution in [0.4, 0.5) is 0 Å². The van der Waals surface area contributed by atoms with Gasteiger partial charge >= 0.3 is 7.12 Å². The normalized spacial score (nSPS) is 9.67. The lowest BCUT2D eigenvalue weighted by atomic mass is 9.80. The van der Waals surface area contributed by atoms with Crippen LogP contribution in [0.3, 0.4) is 0 Å². The maximum absolute atomic E-state index is 8.91. The van der Waals surface area contributed by atoms with Crippen LogP contribution in [0.25, 0.3) is 0 Å². The first-order valence-electron chi connectivity index (χ1n) is 3.34. The molecule has 0 heterocycles. The number of hydrogen-bond acceptors (Lipinski definition) is 3. The lowest BCUT2D eigenvalue weighted by Gasteiger charge is -2.07. The summed E-state index contributed by atoms with van der Waals surface area (Å²) >= 11 is 3.22. The Bertz CT molecular complexity index is 286. The smallest absolute Gasteiger partial charge is 0.492 e. The van der Waals surface area contributed by atoms with Gasteiger partial charge in [-0.2, -0.15) is 0 Å². The first kappa shape index (κ1) is 9.57. The number of ether oxygens (including phenoxy) is 1. The maximum Gasteiger partial charge on any atom is 0.492 e. The fourth-order valence-corrected chi connectivity index (χ4v) is 1.29. The Morgan fingerprint density at radius 1 is 1.50 bits per heavy atom. The molecule has 0 amide bonds. The van der Waals surface area contributed by atoms with E-state index in [1.54, 1.807) is 18.2 Å². The number of halogens is 1. The molecular weight excluding hydrogens is 223 g/mol. The van der Waals surface area contributed by atoms with Crippen molar-refractivity contribution in [2.24, 2.45) is 0 Å². The van der Waals surface area contributed by atoms with E-state index in [1.165, 1.54) is 7.11 Å². The monoisotopic (exact) mass is 234 g/mol. The highest BCUT2D eigenvalue weighted by molar-refractivity contribution is 9.10. The van der Waals surface area contributed by atoms with Gasteiger partial charge < -0.3 is 14.8 Å². The van der Waals surface area contributed by atoms with Crippen LogP contribution >= 0.6 is 15.9 Å². The van der Waals surface area contributed by atoms with Crippen molar-refractivity contribution in [3.63, 3.8) is 0 Å². The minimum atomic E-state index is -1.50. The van der Waals surface area contributed by atoms with Gasteiger partial charge in [0.25, 0.3) is 0 Å². The van der Waals surface area contributed by atoms with Gasteiger partial charge in [-0.1, -0.05) is 15.9 Å². The first-order valence-corrected chi connectivity index (χ1v) is 4.14. The molecule has 0 saturated carbocycles. The summed E-state index contributed by atoms with van der Waals surface area (Å²) in [5.41, 5.74) is 0.354. The van der Waals surface area contributed by atoms with Crippen LogP contribution in [0.5, 0.6) is 5.75 Å². The van der Waals surface area contributed by atoms with Crippen molar-refractivity contribution < 1.29 is 17.6 Å². The van der Waals surface area contributed by atoms with Crippen molar-refractivity contribution in [2.75, 3.05) is 7.11 Å². The van der Waals surface area contributed by atoms with E-state index >= 15 is 0 Å². The van der Waals surface area contributed by atoms with Crippen molar-refractivity contribution >= 4 is 28.5 Å². The van der Waals surface area contributed by atoms with E-state index in [0.717, 1.165) is 4.47 Å². The molecule has 0 aliphatic rings. The molecule has 0 aliphatic heterocycles. The number of hydrogen-bond donors (Lipinski definition) is 2. The van der Waals surface area contributed by atoms with Crippen LogP contribution in [0.15, 0.2) is 22.7 Å². The van der Waals surface area contributed by atoms with E-state index < -0.39 is 7.12 Å². The zero-order valence-electron chi connectivity index (χ0n) is 6.49. The molecule has 0 bridgehead atoms. The SMILES string of the molecule is COc1ccc(Br)cc1B(O)O.[HH].[HH]. The van der Waals surface area contributed by atoms with Crippen LogP contribution in [-0.2, 0) is 0 Å². The summed E-state index contributed by atoms with van der Waals surface area (Å²) in [5.74, 6) is 0.466. The van der Waals surface area contributed by atoms with E-state index in [9.17, 15) is 0 Å². The molecule has 0 aliphatic carbocycles. The predicted octanol–water partition coefficient (Wildman–Crippen LogP) is 0.629. The van der Waals surface area contributed by atoms with E-state index in [1.807, 2.05) is 0 Å². The lowest BCUT2D eigenvalue weighted by molar-refractivity contribution is 0.403. The number of benzene rings is 1. The fourth-order valence-electron chi connectivity index (χ4n) is 0.907. The van der Waals surface area contributed by atoms with Crippen LogP contribution in [0.2, 0.25) is 0 Å². The van der Waals surface area contributed by atoms with Gasteiger partial charge in [-0.05, 0) is 18.2 Å². The highest BCUT2D eigenvalue weighted by atomic mass is 79.9. The van der Waals surface area contributed by atoms with Crippen molar-refractivity contribution in [3.05, 3.63) is 22.7 Å². The average Bonchev–Trinajstić information content (AvgIpc) is 2.04. The molecule has 0 fully saturated rings. The molecular formula is C7H12BBrO3. The molecule has 5 heteroatoms. The molecule has 1 aromatic carbocycles. The van der Waals surface area contributed by atoms with E-state index in [4.69, 9.17) is 14.8 Å². The van der Waals surface area contributed by atoms with Crippen LogP contribution < -0.4 is 10.2 Å². The van der Waals surface area contributed by atoms with Crippen LogP contribution in [0.1, 0.15) is 2.85 Å². The second-order valence-corrected chi connectivity index (χ2v) is 3.18. The Labute approximate surface area is 82.2 Å². The Balaban J connectivity index is 0. The van der Waals surface area contributed by atoms with E-state index in [2.05, 4.69) is 15.9 Å². The summed E-state index contributed by atoms with van der Waals surface area (Å²) in [5, 5.41) is 17.8. The standard InChI is InChI=1S/C7H8BBrO3.2H2/c1-12-7-3-2-5(9)4-6(7)8(10)11;;/h2-4,10-11H,1H3;2*1H. The molecule has 12 heavy (non-hydrogen) atoms. The molecule has 1 rings (SSSR count). The summed E-state index contributed by atoms with van der Waals surface area (Å²) in [6, 6.07) is 5.03. The number of methoxy groups -OCH3 is 1. The minimum absolute atomic E-state index is 0. The molecule has 1 aromatic rings. The molecule has 0 atom stereocenters. The highest BCUT2D eigenvalue weighted by Gasteiger charge is 2.16. The average molecular weight is 235 g/mol. The first-order chi connectivity index (χ1) is 5.65. The van der Waals surface area contributed by atoms with Crippen molar-refractivity contribution in [2.45, 2.75) is 0 Å². The fraction of sp³-hybridized carbons (Fsp3) is 0.143. The van der Waals surface area contributed by atoms with Gasteiger partial charge in [0.2, 0.25) is 0 Å². The summed E-state index contributed by atoms with van der Waals surface area (Å²) in [4.78, 5) is 0. The molecule has 0 unspecified atom stereocenters. The maximum atomic E-state index is 8.91. The zero-order chi connectivity index (χ0) is 9.14.